The first-order valence-electron chi connectivity index (χ1n) is 6.98. The van der Waals surface area contributed by atoms with Crippen LogP contribution in [0.5, 0.6) is 0 Å². The van der Waals surface area contributed by atoms with Crippen LogP contribution in [0, 0.1) is 0 Å². The Morgan fingerprint density at radius 1 is 1.05 bits per heavy atom. The van der Waals surface area contributed by atoms with Gasteiger partial charge in [-0.15, -0.1) is 0 Å². The molecule has 1 fully saturated rings. The van der Waals surface area contributed by atoms with E-state index in [0.29, 0.717) is 17.7 Å². The number of piperidine rings is 1. The van der Waals surface area contributed by atoms with Crippen molar-refractivity contribution in [3.8, 4) is 0 Å². The molecule has 1 aromatic carbocycles. The van der Waals surface area contributed by atoms with Gasteiger partial charge in [0, 0.05) is 19.6 Å². The molecule has 0 saturated carbocycles. The second kappa shape index (κ2) is 5.21. The molecule has 0 N–H and O–H groups in total. The van der Waals surface area contributed by atoms with Crippen LogP contribution in [-0.2, 0) is 0 Å². The van der Waals surface area contributed by atoms with E-state index in [1.807, 2.05) is 0 Å². The predicted octanol–water partition coefficient (Wildman–Crippen LogP) is 1.93. The summed E-state index contributed by atoms with van der Waals surface area (Å²) in [5.41, 5.74) is 2.40. The van der Waals surface area contributed by atoms with Gasteiger partial charge >= 0.3 is 0 Å². The fourth-order valence-electron chi connectivity index (χ4n) is 2.74. The van der Waals surface area contributed by atoms with E-state index in [0.717, 1.165) is 25.9 Å². The zero-order chi connectivity index (χ0) is 14.1. The van der Waals surface area contributed by atoms with Crippen molar-refractivity contribution in [2.24, 2.45) is 0 Å². The number of hydrogen-bond acceptors (Lipinski definition) is 3. The highest BCUT2D eigenvalue weighted by molar-refractivity contribution is 6.21. The lowest BCUT2D eigenvalue weighted by Crippen LogP contribution is -2.31. The smallest absolute Gasteiger partial charge is 0.261 e. The highest BCUT2D eigenvalue weighted by Gasteiger charge is 2.34. The van der Waals surface area contributed by atoms with Gasteiger partial charge in [0.1, 0.15) is 0 Å². The molecule has 3 rings (SSSR count). The van der Waals surface area contributed by atoms with Crippen molar-refractivity contribution >= 4 is 11.8 Å². The Bertz CT molecular complexity index is 547. The lowest BCUT2D eigenvalue weighted by molar-refractivity contribution is 0.0671. The minimum Gasteiger partial charge on any atom is -0.306 e. The lowest BCUT2D eigenvalue weighted by Gasteiger charge is -2.24. The first-order chi connectivity index (χ1) is 9.66. The van der Waals surface area contributed by atoms with Crippen molar-refractivity contribution < 1.29 is 9.59 Å². The Balaban J connectivity index is 1.72. The summed E-state index contributed by atoms with van der Waals surface area (Å²) < 4.78 is 0. The Hall–Kier alpha value is -1.94. The van der Waals surface area contributed by atoms with E-state index in [1.165, 1.54) is 10.5 Å². The first kappa shape index (κ1) is 13.1. The van der Waals surface area contributed by atoms with Crippen molar-refractivity contribution in [2.45, 2.75) is 12.8 Å². The molecule has 0 bridgehead atoms. The van der Waals surface area contributed by atoms with Gasteiger partial charge in [0.05, 0.1) is 11.1 Å². The van der Waals surface area contributed by atoms with Gasteiger partial charge in [-0.1, -0.05) is 23.8 Å². The van der Waals surface area contributed by atoms with E-state index in [2.05, 4.69) is 18.0 Å². The van der Waals surface area contributed by atoms with Crippen LogP contribution in [-0.4, -0.2) is 48.3 Å². The van der Waals surface area contributed by atoms with Gasteiger partial charge in [-0.25, -0.2) is 0 Å². The van der Waals surface area contributed by atoms with Crippen LogP contribution in [0.4, 0.5) is 0 Å². The number of carbonyl (C=O) groups is 2. The number of imide groups is 1. The number of nitrogens with zero attached hydrogens (tertiary/aromatic N) is 2. The summed E-state index contributed by atoms with van der Waals surface area (Å²) in [5, 5.41) is 0. The summed E-state index contributed by atoms with van der Waals surface area (Å²) in [4.78, 5) is 28.0. The maximum absolute atomic E-state index is 12.2. The Morgan fingerprint density at radius 2 is 1.60 bits per heavy atom. The average Bonchev–Trinajstić information content (AvgIpc) is 2.71. The molecular weight excluding hydrogens is 252 g/mol. The van der Waals surface area contributed by atoms with Gasteiger partial charge in [0.25, 0.3) is 11.8 Å². The fourth-order valence-corrected chi connectivity index (χ4v) is 2.74. The highest BCUT2D eigenvalue weighted by Crippen LogP contribution is 2.23. The van der Waals surface area contributed by atoms with Gasteiger partial charge in [-0.05, 0) is 32.0 Å². The standard InChI is InChI=1S/C16H18N2O2/c1-17-9-6-12(7-10-17)8-11-18-15(19)13-4-2-3-5-14(13)16(18)20/h2-5,8H,6-7,9-11H2,1H3. The van der Waals surface area contributed by atoms with Crippen LogP contribution in [0.1, 0.15) is 33.6 Å². The number of rotatable bonds is 2. The molecule has 4 nitrogen and oxygen atoms in total. The van der Waals surface area contributed by atoms with E-state index in [4.69, 9.17) is 0 Å². The monoisotopic (exact) mass is 270 g/mol. The molecule has 20 heavy (non-hydrogen) atoms. The summed E-state index contributed by atoms with van der Waals surface area (Å²) in [6.45, 7) is 2.49. The third-order valence-electron chi connectivity index (χ3n) is 4.07. The van der Waals surface area contributed by atoms with Crippen molar-refractivity contribution in [2.75, 3.05) is 26.7 Å². The lowest BCUT2D eigenvalue weighted by atomic mass is 10.0. The van der Waals surface area contributed by atoms with Crippen LogP contribution in [0.25, 0.3) is 0 Å². The zero-order valence-electron chi connectivity index (χ0n) is 11.6. The maximum Gasteiger partial charge on any atom is 0.261 e. The molecule has 0 radical (unpaired) electrons. The quantitative estimate of drug-likeness (QED) is 0.609. The van der Waals surface area contributed by atoms with Gasteiger partial charge < -0.3 is 4.90 Å². The molecule has 4 heteroatoms. The topological polar surface area (TPSA) is 40.6 Å². The van der Waals surface area contributed by atoms with E-state index in [9.17, 15) is 9.59 Å². The molecule has 0 aliphatic carbocycles. The highest BCUT2D eigenvalue weighted by atomic mass is 16.2. The maximum atomic E-state index is 12.2. The summed E-state index contributed by atoms with van der Waals surface area (Å²) in [5.74, 6) is -0.342. The van der Waals surface area contributed by atoms with Crippen molar-refractivity contribution in [1.29, 1.82) is 0 Å². The van der Waals surface area contributed by atoms with Crippen LogP contribution < -0.4 is 0 Å². The molecule has 2 aliphatic heterocycles. The van der Waals surface area contributed by atoms with Gasteiger partial charge in [0.2, 0.25) is 0 Å². The SMILES string of the molecule is CN1CCC(=CCN2C(=O)c3ccccc3C2=O)CC1. The van der Waals surface area contributed by atoms with E-state index < -0.39 is 0 Å². The molecule has 1 aromatic rings. The average molecular weight is 270 g/mol. The Morgan fingerprint density at radius 3 is 2.15 bits per heavy atom. The third-order valence-corrected chi connectivity index (χ3v) is 4.07. The number of carbonyl (C=O) groups excluding carboxylic acids is 2. The normalized spacial score (nSPS) is 19.4. The summed E-state index contributed by atoms with van der Waals surface area (Å²) in [6.07, 6.45) is 4.11. The van der Waals surface area contributed by atoms with Crippen molar-refractivity contribution in [3.05, 3.63) is 47.0 Å². The number of benzene rings is 1. The van der Waals surface area contributed by atoms with E-state index in [-0.39, 0.29) is 11.8 Å². The number of fused-ring (bicyclic) bond motifs is 1. The second-order valence-corrected chi connectivity index (χ2v) is 5.43. The molecule has 0 spiro atoms. The van der Waals surface area contributed by atoms with Gasteiger partial charge in [0.15, 0.2) is 0 Å². The molecule has 0 aromatic heterocycles. The first-order valence-corrected chi connectivity index (χ1v) is 6.98. The van der Waals surface area contributed by atoms with Crippen LogP contribution in [0.3, 0.4) is 0 Å². The molecule has 2 aliphatic rings. The molecule has 0 unspecified atom stereocenters. The molecule has 2 heterocycles. The zero-order valence-corrected chi connectivity index (χ0v) is 11.6. The Labute approximate surface area is 118 Å². The van der Waals surface area contributed by atoms with Crippen LogP contribution in [0.2, 0.25) is 0 Å². The molecule has 1 saturated heterocycles. The third kappa shape index (κ3) is 2.27. The number of amides is 2. The largest absolute Gasteiger partial charge is 0.306 e. The summed E-state index contributed by atoms with van der Waals surface area (Å²) in [7, 11) is 2.11. The fraction of sp³-hybridized carbons (Fsp3) is 0.375. The van der Waals surface area contributed by atoms with E-state index in [1.54, 1.807) is 24.3 Å². The van der Waals surface area contributed by atoms with Crippen molar-refractivity contribution in [1.82, 2.24) is 9.80 Å². The number of likely N-dealkylation sites (tertiary alicyclic amines) is 1. The summed E-state index contributed by atoms with van der Waals surface area (Å²) >= 11 is 0. The van der Waals surface area contributed by atoms with Crippen molar-refractivity contribution in [3.63, 3.8) is 0 Å². The van der Waals surface area contributed by atoms with E-state index >= 15 is 0 Å². The molecule has 0 atom stereocenters. The minimum atomic E-state index is -0.171. The van der Waals surface area contributed by atoms with Crippen LogP contribution >= 0.6 is 0 Å². The Kier molecular flexibility index (Phi) is 3.40. The summed E-state index contributed by atoms with van der Waals surface area (Å²) in [6, 6.07) is 7.03. The van der Waals surface area contributed by atoms with Gasteiger partial charge in [-0.2, -0.15) is 0 Å². The van der Waals surface area contributed by atoms with Crippen LogP contribution in [0.15, 0.2) is 35.9 Å². The molecular formula is C16H18N2O2. The molecule has 2 amide bonds. The predicted molar refractivity (Wildman–Crippen MR) is 76.6 cm³/mol. The minimum absolute atomic E-state index is 0.171. The second-order valence-electron chi connectivity index (χ2n) is 5.43. The number of hydrogen-bond donors (Lipinski definition) is 0. The van der Waals surface area contributed by atoms with Gasteiger partial charge in [-0.3, -0.25) is 14.5 Å². The molecule has 104 valence electrons.